The molecule has 0 aliphatic heterocycles. The molecule has 52 heavy (non-hydrogen) atoms. The topological polar surface area (TPSA) is 199 Å². The summed E-state index contributed by atoms with van der Waals surface area (Å²) < 4.78 is 10.9. The number of isocyanates is 1. The lowest BCUT2D eigenvalue weighted by molar-refractivity contribution is -0.159. The zero-order valence-electron chi connectivity index (χ0n) is 32.9. The number of hydrogen-bond acceptors (Lipinski definition) is 10. The highest BCUT2D eigenvalue weighted by Gasteiger charge is 2.38. The second-order valence-electron chi connectivity index (χ2n) is 15.0. The summed E-state index contributed by atoms with van der Waals surface area (Å²) >= 11 is 0. The van der Waals surface area contributed by atoms with Crippen molar-refractivity contribution >= 4 is 35.7 Å². The number of hydrogen-bond donors (Lipinski definition) is 4. The Morgan fingerprint density at radius 3 is 2.00 bits per heavy atom. The molecule has 0 aliphatic carbocycles. The standard InChI is InChI=1S/C38H62N6O8/c1-12-25(7)33(35(48)43-32(24(5)6)37(50)51-11)42-31(46)21-27(39)28(20-26-17-15-14-16-18-26)41-34(47)29(13-2)44(40-22-45)36(49)30(19-23(3)4)52-38(8,9)10/h14-18,23-25,27-30,32-33H,12-13,19-21,39H2,1-11H3,(H,41,47)(H,42,46)(H,43,48)/t25-,27-,28-,29-,30-,32-,33-/m0/s1. The predicted octanol–water partition coefficient (Wildman–Crippen LogP) is 3.36. The van der Waals surface area contributed by atoms with E-state index in [2.05, 4.69) is 21.1 Å². The average Bonchev–Trinajstić information content (AvgIpc) is 3.07. The SMILES string of the molecule is CC[C@H](C)[C@H](NC(=O)C[C@H](N)[C@H](Cc1ccccc1)NC(=O)[C@H](CC)N(N=C=O)C(=O)[C@H](CC(C)C)OC(C)(C)C)C(=O)N[C@H](C(=O)OC)C(C)C. The lowest BCUT2D eigenvalue weighted by Gasteiger charge is -2.33. The van der Waals surface area contributed by atoms with Crippen molar-refractivity contribution in [3.63, 3.8) is 0 Å². The Hall–Kier alpha value is -4.13. The Labute approximate surface area is 309 Å². The van der Waals surface area contributed by atoms with E-state index >= 15 is 0 Å². The zero-order chi connectivity index (χ0) is 39.8. The van der Waals surface area contributed by atoms with Crippen LogP contribution in [-0.4, -0.2) is 89.7 Å². The Balaban J connectivity index is 3.38. The summed E-state index contributed by atoms with van der Waals surface area (Å²) in [5.41, 5.74) is 6.76. The van der Waals surface area contributed by atoms with Gasteiger partial charge in [-0.25, -0.2) is 14.6 Å². The molecular formula is C38H62N6O8. The number of rotatable bonds is 21. The number of ether oxygens (including phenoxy) is 2. The number of amides is 4. The zero-order valence-corrected chi connectivity index (χ0v) is 32.9. The second kappa shape index (κ2) is 22.1. The normalized spacial score (nSPS) is 15.6. The first-order chi connectivity index (χ1) is 24.3. The van der Waals surface area contributed by atoms with E-state index in [9.17, 15) is 28.8 Å². The van der Waals surface area contributed by atoms with Crippen LogP contribution in [0.15, 0.2) is 35.4 Å². The van der Waals surface area contributed by atoms with Crippen LogP contribution in [0.4, 0.5) is 0 Å². The molecule has 4 amide bonds. The van der Waals surface area contributed by atoms with Gasteiger partial charge in [-0.05, 0) is 63.4 Å². The van der Waals surface area contributed by atoms with Crippen molar-refractivity contribution in [2.24, 2.45) is 28.6 Å². The van der Waals surface area contributed by atoms with Crippen LogP contribution < -0.4 is 21.7 Å². The van der Waals surface area contributed by atoms with Crippen LogP contribution in [0.5, 0.6) is 0 Å². The molecule has 1 rings (SSSR count). The number of hydrazone groups is 1. The maximum absolute atomic E-state index is 14.0. The molecule has 0 saturated carbocycles. The molecule has 14 heteroatoms. The monoisotopic (exact) mass is 730 g/mol. The van der Waals surface area contributed by atoms with Gasteiger partial charge in [0.15, 0.2) is 0 Å². The van der Waals surface area contributed by atoms with Gasteiger partial charge in [0.2, 0.25) is 17.7 Å². The molecule has 0 bridgehead atoms. The fourth-order valence-corrected chi connectivity index (χ4v) is 5.60. The largest absolute Gasteiger partial charge is 0.467 e. The maximum atomic E-state index is 14.0. The minimum Gasteiger partial charge on any atom is -0.467 e. The summed E-state index contributed by atoms with van der Waals surface area (Å²) in [6, 6.07) is 4.36. The van der Waals surface area contributed by atoms with Crippen LogP contribution in [-0.2, 0) is 44.7 Å². The first-order valence-electron chi connectivity index (χ1n) is 18.2. The Bertz CT molecular complexity index is 1360. The number of benzene rings is 1. The first-order valence-corrected chi connectivity index (χ1v) is 18.2. The van der Waals surface area contributed by atoms with Gasteiger partial charge in [-0.3, -0.25) is 19.2 Å². The fourth-order valence-electron chi connectivity index (χ4n) is 5.60. The highest BCUT2D eigenvalue weighted by molar-refractivity contribution is 5.92. The molecule has 0 spiro atoms. The van der Waals surface area contributed by atoms with E-state index in [4.69, 9.17) is 15.2 Å². The quantitative estimate of drug-likeness (QED) is 0.0634. The summed E-state index contributed by atoms with van der Waals surface area (Å²) in [5, 5.41) is 12.9. The maximum Gasteiger partial charge on any atom is 0.328 e. The molecule has 1 aromatic rings. The minimum atomic E-state index is -1.21. The number of nitrogens with zero attached hydrogens (tertiary/aromatic N) is 2. The van der Waals surface area contributed by atoms with E-state index in [0.717, 1.165) is 10.6 Å². The minimum absolute atomic E-state index is 0.0575. The van der Waals surface area contributed by atoms with Crippen molar-refractivity contribution in [3.8, 4) is 0 Å². The molecule has 0 saturated heterocycles. The number of nitrogens with two attached hydrogens (primary N) is 1. The van der Waals surface area contributed by atoms with Crippen LogP contribution in [0.2, 0.25) is 0 Å². The van der Waals surface area contributed by atoms with Crippen LogP contribution >= 0.6 is 0 Å². The van der Waals surface area contributed by atoms with E-state index in [1.54, 1.807) is 41.5 Å². The van der Waals surface area contributed by atoms with E-state index in [1.807, 2.05) is 58.0 Å². The summed E-state index contributed by atoms with van der Waals surface area (Å²) in [6.45, 7) is 18.2. The highest BCUT2D eigenvalue weighted by Crippen LogP contribution is 2.21. The van der Waals surface area contributed by atoms with Crippen LogP contribution in [0.3, 0.4) is 0 Å². The van der Waals surface area contributed by atoms with Gasteiger partial charge in [-0.1, -0.05) is 90.3 Å². The Kier molecular flexibility index (Phi) is 19.5. The Morgan fingerprint density at radius 2 is 1.52 bits per heavy atom. The number of methoxy groups -OCH3 is 1. The fraction of sp³-hybridized carbons (Fsp3) is 0.684. The lowest BCUT2D eigenvalue weighted by atomic mass is 9.94. The van der Waals surface area contributed by atoms with Crippen molar-refractivity contribution in [2.75, 3.05) is 7.11 Å². The molecule has 7 atom stereocenters. The lowest BCUT2D eigenvalue weighted by Crippen LogP contribution is -2.58. The third kappa shape index (κ3) is 15.2. The molecule has 0 radical (unpaired) electrons. The van der Waals surface area contributed by atoms with E-state index < -0.39 is 71.5 Å². The smallest absolute Gasteiger partial charge is 0.328 e. The molecule has 0 fully saturated rings. The van der Waals surface area contributed by atoms with Gasteiger partial charge in [0, 0.05) is 18.5 Å². The molecule has 0 aromatic heterocycles. The van der Waals surface area contributed by atoms with Crippen LogP contribution in [0.25, 0.3) is 0 Å². The van der Waals surface area contributed by atoms with Gasteiger partial charge >= 0.3 is 5.97 Å². The predicted molar refractivity (Wildman–Crippen MR) is 198 cm³/mol. The van der Waals surface area contributed by atoms with Crippen molar-refractivity contribution < 1.29 is 38.2 Å². The summed E-state index contributed by atoms with van der Waals surface area (Å²) in [4.78, 5) is 78.5. The van der Waals surface area contributed by atoms with Gasteiger partial charge in [0.05, 0.1) is 12.7 Å². The molecule has 1 aromatic carbocycles. The van der Waals surface area contributed by atoms with Gasteiger partial charge in [-0.15, -0.1) is 0 Å². The summed E-state index contributed by atoms with van der Waals surface area (Å²) in [6.07, 6.45) is 1.36. The van der Waals surface area contributed by atoms with Gasteiger partial charge in [-0.2, -0.15) is 0 Å². The third-order valence-corrected chi connectivity index (χ3v) is 8.61. The number of carbonyl (C=O) groups is 5. The number of carbonyl (C=O) groups excluding carboxylic acids is 6. The van der Waals surface area contributed by atoms with Crippen molar-refractivity contribution in [2.45, 2.75) is 143 Å². The highest BCUT2D eigenvalue weighted by atomic mass is 16.5. The Morgan fingerprint density at radius 1 is 0.904 bits per heavy atom. The average molecular weight is 731 g/mol. The van der Waals surface area contributed by atoms with Crippen molar-refractivity contribution in [3.05, 3.63) is 35.9 Å². The summed E-state index contributed by atoms with van der Waals surface area (Å²) in [7, 11) is 1.24. The summed E-state index contributed by atoms with van der Waals surface area (Å²) in [5.74, 6) is -3.45. The van der Waals surface area contributed by atoms with Gasteiger partial charge < -0.3 is 31.2 Å². The number of nitrogens with one attached hydrogen (secondary N) is 3. The molecular weight excluding hydrogens is 668 g/mol. The van der Waals surface area contributed by atoms with Gasteiger partial charge in [0.25, 0.3) is 12.0 Å². The third-order valence-electron chi connectivity index (χ3n) is 8.61. The second-order valence-corrected chi connectivity index (χ2v) is 15.0. The van der Waals surface area contributed by atoms with Gasteiger partial charge in [0.1, 0.15) is 24.2 Å². The molecule has 0 aliphatic rings. The van der Waals surface area contributed by atoms with Crippen molar-refractivity contribution in [1.29, 1.82) is 0 Å². The molecule has 0 heterocycles. The van der Waals surface area contributed by atoms with E-state index in [1.165, 1.54) is 13.2 Å². The van der Waals surface area contributed by atoms with E-state index in [0.29, 0.717) is 12.8 Å². The molecule has 0 unspecified atom stereocenters. The molecule has 5 N–H and O–H groups in total. The first kappa shape index (κ1) is 45.9. The van der Waals surface area contributed by atoms with Crippen molar-refractivity contribution in [1.82, 2.24) is 21.0 Å². The number of esters is 1. The van der Waals surface area contributed by atoms with E-state index in [-0.39, 0.29) is 37.0 Å². The van der Waals surface area contributed by atoms with Crippen LogP contribution in [0.1, 0.15) is 100 Å². The molecule has 292 valence electrons. The molecule has 14 nitrogen and oxygen atoms in total. The van der Waals surface area contributed by atoms with Crippen LogP contribution in [0, 0.1) is 17.8 Å².